The molecule has 0 aliphatic rings. The second-order valence-corrected chi connectivity index (χ2v) is 6.27. The number of aromatic nitrogens is 1. The van der Waals surface area contributed by atoms with Crippen molar-refractivity contribution in [1.82, 2.24) is 0 Å². The molecule has 0 atom stereocenters. The third-order valence-corrected chi connectivity index (χ3v) is 4.35. The average molecular weight is 326 g/mol. The largest absolute Gasteiger partial charge is 0.766 e. The number of Topliss-reactive ketones (excluding diaryl/α,β-unsaturated/α-hetero) is 1. The van der Waals surface area contributed by atoms with E-state index in [4.69, 9.17) is 12.6 Å². The summed E-state index contributed by atoms with van der Waals surface area (Å²) in [5.41, 5.74) is 2.05. The van der Waals surface area contributed by atoms with Gasteiger partial charge in [-0.15, -0.1) is 11.8 Å². The summed E-state index contributed by atoms with van der Waals surface area (Å²) in [4.78, 5) is 12.1. The zero-order valence-electron chi connectivity index (χ0n) is 12.0. The number of hydrogen-bond donors (Lipinski definition) is 0. The predicted octanol–water partition coefficient (Wildman–Crippen LogP) is 3.10. The highest BCUT2D eigenvalue weighted by molar-refractivity contribution is 8.11. The molecule has 1 heterocycles. The van der Waals surface area contributed by atoms with Gasteiger partial charge in [-0.1, -0.05) is 34.6 Å². The topological polar surface area (TPSA) is 44.7 Å². The summed E-state index contributed by atoms with van der Waals surface area (Å²) in [5, 5.41) is 9.33. The van der Waals surface area contributed by atoms with E-state index in [-0.39, 0.29) is 11.5 Å². The summed E-state index contributed by atoms with van der Waals surface area (Å²) >= 11 is 6.51. The van der Waals surface area contributed by atoms with Crippen LogP contribution in [0.25, 0.3) is 5.70 Å². The van der Waals surface area contributed by atoms with E-state index >= 15 is 0 Å². The maximum Gasteiger partial charge on any atom is 0.275 e. The zero-order valence-corrected chi connectivity index (χ0v) is 13.7. The molecule has 0 fully saturated rings. The summed E-state index contributed by atoms with van der Waals surface area (Å²) < 4.78 is 2.11. The molecule has 2 aromatic rings. The summed E-state index contributed by atoms with van der Waals surface area (Å²) in [6.45, 7) is 1.95. The molecule has 1 aromatic carbocycles. The zero-order chi connectivity index (χ0) is 15.9. The van der Waals surface area contributed by atoms with Crippen LogP contribution in [0.3, 0.4) is 0 Å². The number of thioether (sulfide) groups is 1. The normalized spacial score (nSPS) is 11.5. The first-order valence-electron chi connectivity index (χ1n) is 6.62. The number of ketones is 1. The molecule has 0 aliphatic carbocycles. The van der Waals surface area contributed by atoms with Gasteiger partial charge in [-0.25, -0.2) is 0 Å². The number of hydrogen-bond acceptors (Lipinski definition) is 4. The molecule has 22 heavy (non-hydrogen) atoms. The Morgan fingerprint density at radius 3 is 2.64 bits per heavy atom. The first-order valence-corrected chi connectivity index (χ1v) is 8.02. The molecule has 0 aliphatic heterocycles. The predicted molar refractivity (Wildman–Crippen MR) is 90.8 cm³/mol. The highest BCUT2D eigenvalue weighted by Gasteiger charge is 2.12. The van der Waals surface area contributed by atoms with E-state index in [9.17, 15) is 10.1 Å². The molecule has 110 valence electrons. The minimum atomic E-state index is -0.000480. The highest BCUT2D eigenvalue weighted by atomic mass is 32.2. The average Bonchev–Trinajstić information content (AvgIpc) is 2.54. The highest BCUT2D eigenvalue weighted by Crippen LogP contribution is 2.19. The number of pyridine rings is 1. The van der Waals surface area contributed by atoms with Crippen molar-refractivity contribution in [3.05, 3.63) is 70.2 Å². The number of rotatable bonds is 5. The fourth-order valence-corrected chi connectivity index (χ4v) is 2.89. The number of carbonyl (C=O) groups excluding carboxylic acids is 1. The van der Waals surface area contributed by atoms with Crippen molar-refractivity contribution in [2.45, 2.75) is 6.92 Å². The van der Waals surface area contributed by atoms with E-state index in [2.05, 4.69) is 6.07 Å². The Morgan fingerprint density at radius 2 is 2.00 bits per heavy atom. The van der Waals surface area contributed by atoms with Crippen LogP contribution in [0.4, 0.5) is 0 Å². The molecule has 1 aromatic heterocycles. The maximum absolute atomic E-state index is 12.1. The van der Waals surface area contributed by atoms with Gasteiger partial charge >= 0.3 is 0 Å². The standard InChI is InChI=1S/C17H14N2OS2/c1-13-6-5-9-19(11-13)15(10-18)17(21)22-12-16(20)14-7-3-2-4-8-14/h2-9,11H,12H2,1H3. The van der Waals surface area contributed by atoms with Gasteiger partial charge in [-0.3, -0.25) is 4.79 Å². The number of carbonyl (C=O) groups is 1. The molecule has 2 rings (SSSR count). The summed E-state index contributed by atoms with van der Waals surface area (Å²) in [6, 6.07) is 15.0. The van der Waals surface area contributed by atoms with E-state index in [1.54, 1.807) is 22.9 Å². The molecule has 0 spiro atoms. The van der Waals surface area contributed by atoms with Crippen molar-refractivity contribution in [3.8, 4) is 6.07 Å². The van der Waals surface area contributed by atoms with Gasteiger partial charge in [0.2, 0.25) is 0 Å². The van der Waals surface area contributed by atoms with Gasteiger partial charge in [0.1, 0.15) is 0 Å². The molecular weight excluding hydrogens is 312 g/mol. The Morgan fingerprint density at radius 1 is 1.27 bits per heavy atom. The number of nitrogens with zero attached hydrogens (tertiary/aromatic N) is 2. The molecule has 0 N–H and O–H groups in total. The summed E-state index contributed by atoms with van der Waals surface area (Å²) in [7, 11) is 0. The number of benzene rings is 1. The Hall–Kier alpha value is -2.16. The maximum atomic E-state index is 12.1. The van der Waals surface area contributed by atoms with Crippen molar-refractivity contribution in [2.24, 2.45) is 0 Å². The smallest absolute Gasteiger partial charge is 0.275 e. The quantitative estimate of drug-likeness (QED) is 0.366. The lowest BCUT2D eigenvalue weighted by Gasteiger charge is -2.10. The second-order valence-electron chi connectivity index (χ2n) is 4.61. The van der Waals surface area contributed by atoms with Crippen LogP contribution in [0, 0.1) is 18.3 Å². The minimum Gasteiger partial charge on any atom is -0.766 e. The Kier molecular flexibility index (Phi) is 5.70. The number of aryl methyl sites for hydroxylation is 1. The van der Waals surface area contributed by atoms with Crippen molar-refractivity contribution in [1.29, 1.82) is 5.26 Å². The molecule has 0 amide bonds. The molecular formula is C17H14N2OS2. The summed E-state index contributed by atoms with van der Waals surface area (Å²) in [6.07, 6.45) is 3.61. The van der Waals surface area contributed by atoms with E-state index in [1.807, 2.05) is 43.5 Å². The lowest BCUT2D eigenvalue weighted by Crippen LogP contribution is -2.31. The molecule has 0 unspecified atom stereocenters. The fourth-order valence-electron chi connectivity index (χ4n) is 1.85. The lowest BCUT2D eigenvalue weighted by molar-refractivity contribution is -0.578. The van der Waals surface area contributed by atoms with Gasteiger partial charge in [0.15, 0.2) is 24.2 Å². The van der Waals surface area contributed by atoms with Crippen LogP contribution in [0.1, 0.15) is 15.9 Å². The fraction of sp³-hybridized carbons (Fsp3) is 0.118. The van der Waals surface area contributed by atoms with Crippen molar-refractivity contribution in [3.63, 3.8) is 0 Å². The van der Waals surface area contributed by atoms with Crippen molar-refractivity contribution >= 4 is 35.9 Å². The van der Waals surface area contributed by atoms with Gasteiger partial charge in [-0.2, -0.15) is 9.83 Å². The van der Waals surface area contributed by atoms with Crippen LogP contribution < -0.4 is 4.57 Å². The van der Waals surface area contributed by atoms with Crippen molar-refractivity contribution < 1.29 is 9.36 Å². The monoisotopic (exact) mass is 326 g/mol. The van der Waals surface area contributed by atoms with E-state index in [1.165, 1.54) is 11.8 Å². The Balaban J connectivity index is 2.14. The Bertz CT molecular complexity index is 749. The van der Waals surface area contributed by atoms with Crippen LogP contribution in [-0.2, 0) is 12.6 Å². The Labute approximate surface area is 139 Å². The third-order valence-electron chi connectivity index (χ3n) is 2.94. The van der Waals surface area contributed by atoms with Crippen LogP contribution in [-0.4, -0.2) is 11.5 Å². The molecule has 0 bridgehead atoms. The van der Waals surface area contributed by atoms with Crippen LogP contribution >= 0.6 is 11.8 Å². The van der Waals surface area contributed by atoms with E-state index < -0.39 is 0 Å². The van der Waals surface area contributed by atoms with Crippen LogP contribution in [0.2, 0.25) is 0 Å². The van der Waals surface area contributed by atoms with Crippen LogP contribution in [0.15, 0.2) is 59.1 Å². The summed E-state index contributed by atoms with van der Waals surface area (Å²) in [5.74, 6) is 0.222. The molecule has 3 nitrogen and oxygen atoms in total. The van der Waals surface area contributed by atoms with Crippen molar-refractivity contribution in [2.75, 3.05) is 5.75 Å². The van der Waals surface area contributed by atoms with Gasteiger partial charge in [0, 0.05) is 17.2 Å². The van der Waals surface area contributed by atoms with Gasteiger partial charge in [0.05, 0.1) is 5.75 Å². The lowest BCUT2D eigenvalue weighted by atomic mass is 10.2. The molecule has 5 heteroatoms. The van der Waals surface area contributed by atoms with E-state index in [0.29, 0.717) is 15.5 Å². The SMILES string of the molecule is Cc1ccc[n+](C(C#N)=C([S-])SCC(=O)c2ccccc2)c1. The first-order chi connectivity index (χ1) is 10.6. The minimum absolute atomic E-state index is 0.000480. The third kappa shape index (κ3) is 4.17. The molecule has 0 radical (unpaired) electrons. The van der Waals surface area contributed by atoms with E-state index in [0.717, 1.165) is 5.56 Å². The first kappa shape index (κ1) is 16.2. The van der Waals surface area contributed by atoms with Crippen LogP contribution in [0.5, 0.6) is 0 Å². The van der Waals surface area contributed by atoms with Gasteiger partial charge in [-0.05, 0) is 13.0 Å². The number of nitriles is 1. The van der Waals surface area contributed by atoms with Gasteiger partial charge in [0.25, 0.3) is 5.70 Å². The number of allylic oxidation sites excluding steroid dienone is 1. The molecule has 0 saturated heterocycles. The second kappa shape index (κ2) is 7.74. The molecule has 0 saturated carbocycles. The van der Waals surface area contributed by atoms with Gasteiger partial charge < -0.3 is 12.6 Å².